The van der Waals surface area contributed by atoms with Crippen molar-refractivity contribution in [2.45, 2.75) is 98.1 Å². The van der Waals surface area contributed by atoms with E-state index >= 15 is 0 Å². The van der Waals surface area contributed by atoms with Gasteiger partial charge in [-0.3, -0.25) is 4.79 Å². The first kappa shape index (κ1) is 22.7. The highest BCUT2D eigenvalue weighted by molar-refractivity contribution is 5.96. The molecule has 1 N–H and O–H groups in total. The van der Waals surface area contributed by atoms with Crippen molar-refractivity contribution in [2.24, 2.45) is 50.7 Å². The summed E-state index contributed by atoms with van der Waals surface area (Å²) in [4.78, 5) is 24.9. The van der Waals surface area contributed by atoms with Crippen molar-refractivity contribution in [3.8, 4) is 0 Å². The topological polar surface area (TPSA) is 72.8 Å². The second kappa shape index (κ2) is 6.32. The zero-order chi connectivity index (χ0) is 24.8. The summed E-state index contributed by atoms with van der Waals surface area (Å²) in [5.41, 5.74) is 1.17. The molecule has 5 heteroatoms. The van der Waals surface area contributed by atoms with Crippen molar-refractivity contribution >= 4 is 11.8 Å². The molecule has 5 fully saturated rings. The molecule has 0 radical (unpaired) electrons. The summed E-state index contributed by atoms with van der Waals surface area (Å²) >= 11 is 0. The number of rotatable bonds is 1. The van der Waals surface area contributed by atoms with Crippen LogP contribution in [-0.2, 0) is 19.1 Å². The van der Waals surface area contributed by atoms with E-state index in [9.17, 15) is 14.7 Å². The standard InChI is InChI=1S/C30H40O5/c1-17-14-30(34-23(17)32)15-18(24(33)35-30)19-8-10-27(5)21-7-6-20-25(2,3)22(31)9-11-28(20)16-29(21,28)13-12-26(19,27)4/h9,11,14,18-21,24,33H,6-8,10,12-13,15-16H2,1-5H3/t18-,19-,20+,21+,24?,26-,27+,28-,29+,30-/m1/s1. The van der Waals surface area contributed by atoms with E-state index in [2.05, 4.69) is 33.8 Å². The van der Waals surface area contributed by atoms with Crippen LogP contribution in [0.4, 0.5) is 0 Å². The lowest BCUT2D eigenvalue weighted by molar-refractivity contribution is -0.226. The van der Waals surface area contributed by atoms with Crippen molar-refractivity contribution in [3.63, 3.8) is 0 Å². The van der Waals surface area contributed by atoms with E-state index < -0.39 is 12.1 Å². The number of esters is 1. The van der Waals surface area contributed by atoms with Crippen molar-refractivity contribution in [1.29, 1.82) is 0 Å². The van der Waals surface area contributed by atoms with Gasteiger partial charge in [-0.15, -0.1) is 0 Å². The summed E-state index contributed by atoms with van der Waals surface area (Å²) in [6.45, 7) is 11.2. The van der Waals surface area contributed by atoms with E-state index in [1.807, 2.05) is 6.08 Å². The molecule has 5 aliphatic carbocycles. The zero-order valence-corrected chi connectivity index (χ0v) is 21.9. The normalized spacial score (nSPS) is 57.3. The number of fused-ring (bicyclic) bond motifs is 2. The number of carbonyl (C=O) groups is 2. The summed E-state index contributed by atoms with van der Waals surface area (Å²) in [6, 6.07) is 0. The van der Waals surface area contributed by atoms with Crippen LogP contribution in [0.3, 0.4) is 0 Å². The number of ketones is 1. The molecule has 0 aromatic rings. The molecule has 10 atom stereocenters. The van der Waals surface area contributed by atoms with Crippen LogP contribution in [0.15, 0.2) is 23.8 Å². The molecule has 0 aromatic heterocycles. The highest BCUT2D eigenvalue weighted by Crippen LogP contribution is 2.88. The summed E-state index contributed by atoms with van der Waals surface area (Å²) < 4.78 is 11.6. The quantitative estimate of drug-likeness (QED) is 0.514. The lowest BCUT2D eigenvalue weighted by Gasteiger charge is -2.62. The second-order valence-electron chi connectivity index (χ2n) is 14.4. The minimum Gasteiger partial charge on any atom is -0.426 e. The van der Waals surface area contributed by atoms with Crippen LogP contribution in [0.1, 0.15) is 86.0 Å². The molecule has 3 spiro atoms. The third kappa shape index (κ3) is 2.40. The van der Waals surface area contributed by atoms with E-state index in [-0.39, 0.29) is 33.5 Å². The summed E-state index contributed by atoms with van der Waals surface area (Å²) in [6.07, 6.45) is 13.9. The lowest BCUT2D eigenvalue weighted by atomic mass is 9.42. The predicted octanol–water partition coefficient (Wildman–Crippen LogP) is 5.32. The molecule has 7 aliphatic rings. The summed E-state index contributed by atoms with van der Waals surface area (Å²) in [5.74, 6) is 0.329. The zero-order valence-electron chi connectivity index (χ0n) is 21.9. The molecule has 4 saturated carbocycles. The number of carbonyl (C=O) groups excluding carboxylic acids is 2. The first-order valence-electron chi connectivity index (χ1n) is 13.9. The Morgan fingerprint density at radius 1 is 0.971 bits per heavy atom. The van der Waals surface area contributed by atoms with Gasteiger partial charge >= 0.3 is 5.97 Å². The highest BCUT2D eigenvalue weighted by Gasteiger charge is 2.82. The van der Waals surface area contributed by atoms with Gasteiger partial charge < -0.3 is 14.6 Å². The Bertz CT molecular complexity index is 1100. The Balaban J connectivity index is 1.21. The minimum atomic E-state index is -1.08. The van der Waals surface area contributed by atoms with Gasteiger partial charge in [0.1, 0.15) is 0 Å². The fourth-order valence-corrected chi connectivity index (χ4v) is 11.3. The van der Waals surface area contributed by atoms with Crippen LogP contribution in [-0.4, -0.2) is 28.9 Å². The lowest BCUT2D eigenvalue weighted by Crippen LogP contribution is -2.56. The molecule has 1 saturated heterocycles. The Labute approximate surface area is 208 Å². The highest BCUT2D eigenvalue weighted by atomic mass is 16.8. The first-order chi connectivity index (χ1) is 16.3. The minimum absolute atomic E-state index is 0.0264. The number of aliphatic hydroxyl groups excluding tert-OH is 1. The Morgan fingerprint density at radius 2 is 1.71 bits per heavy atom. The van der Waals surface area contributed by atoms with Gasteiger partial charge in [0.2, 0.25) is 5.79 Å². The largest absolute Gasteiger partial charge is 0.426 e. The van der Waals surface area contributed by atoms with E-state index in [4.69, 9.17) is 9.47 Å². The number of hydrogen-bond donors (Lipinski definition) is 1. The fraction of sp³-hybridized carbons (Fsp3) is 0.800. The van der Waals surface area contributed by atoms with E-state index in [1.54, 1.807) is 13.0 Å². The third-order valence-electron chi connectivity index (χ3n) is 13.2. The van der Waals surface area contributed by atoms with Gasteiger partial charge in [-0.1, -0.05) is 33.8 Å². The van der Waals surface area contributed by atoms with Crippen LogP contribution in [0, 0.1) is 50.7 Å². The molecule has 35 heavy (non-hydrogen) atoms. The second-order valence-corrected chi connectivity index (χ2v) is 14.4. The maximum Gasteiger partial charge on any atom is 0.336 e. The fourth-order valence-electron chi connectivity index (χ4n) is 11.3. The Kier molecular flexibility index (Phi) is 4.10. The molecular weight excluding hydrogens is 440 g/mol. The summed E-state index contributed by atoms with van der Waals surface area (Å²) in [5, 5.41) is 11.1. The SMILES string of the molecule is CC1=C[C@@]2(C[C@H]([C@H]3CC[C@@]4(C)[C@@H]5CC[C@H]6C(C)(C)C(=O)C=C[C@@]67C[C@@]57CC[C@]34C)C(O)O2)OC1=O. The maximum atomic E-state index is 12.8. The molecule has 5 nitrogen and oxygen atoms in total. The molecule has 0 amide bonds. The molecular formula is C30H40O5. The van der Waals surface area contributed by atoms with E-state index in [0.29, 0.717) is 40.9 Å². The van der Waals surface area contributed by atoms with E-state index in [1.165, 1.54) is 25.7 Å². The van der Waals surface area contributed by atoms with Crippen molar-refractivity contribution < 1.29 is 24.2 Å². The maximum absolute atomic E-state index is 12.8. The molecule has 0 bridgehead atoms. The Morgan fingerprint density at radius 3 is 2.43 bits per heavy atom. The van der Waals surface area contributed by atoms with Gasteiger partial charge in [-0.05, 0) is 103 Å². The van der Waals surface area contributed by atoms with Crippen molar-refractivity contribution in [3.05, 3.63) is 23.8 Å². The monoisotopic (exact) mass is 480 g/mol. The van der Waals surface area contributed by atoms with Gasteiger partial charge in [-0.2, -0.15) is 0 Å². The number of allylic oxidation sites excluding steroid dienone is 2. The van der Waals surface area contributed by atoms with Crippen LogP contribution >= 0.6 is 0 Å². The predicted molar refractivity (Wildman–Crippen MR) is 130 cm³/mol. The van der Waals surface area contributed by atoms with Crippen LogP contribution in [0.5, 0.6) is 0 Å². The molecule has 0 aromatic carbocycles. The van der Waals surface area contributed by atoms with Gasteiger partial charge in [0.05, 0.1) is 0 Å². The molecule has 190 valence electrons. The van der Waals surface area contributed by atoms with Gasteiger partial charge in [0.15, 0.2) is 12.1 Å². The van der Waals surface area contributed by atoms with Gasteiger partial charge in [0.25, 0.3) is 0 Å². The number of aliphatic hydroxyl groups is 1. The van der Waals surface area contributed by atoms with Crippen LogP contribution in [0.25, 0.3) is 0 Å². The third-order valence-corrected chi connectivity index (χ3v) is 13.2. The summed E-state index contributed by atoms with van der Waals surface area (Å²) in [7, 11) is 0. The average Bonchev–Trinajstić information content (AvgIpc) is 3.08. The van der Waals surface area contributed by atoms with Crippen molar-refractivity contribution in [2.75, 3.05) is 0 Å². The number of hydrogen-bond acceptors (Lipinski definition) is 5. The molecule has 7 rings (SSSR count). The van der Waals surface area contributed by atoms with Gasteiger partial charge in [0, 0.05) is 23.3 Å². The number of ether oxygens (including phenoxy) is 2. The van der Waals surface area contributed by atoms with Crippen LogP contribution < -0.4 is 0 Å². The Hall–Kier alpha value is -1.46. The van der Waals surface area contributed by atoms with E-state index in [0.717, 1.165) is 19.3 Å². The smallest absolute Gasteiger partial charge is 0.336 e. The average molecular weight is 481 g/mol. The van der Waals surface area contributed by atoms with Gasteiger partial charge in [-0.25, -0.2) is 4.79 Å². The molecule has 2 aliphatic heterocycles. The van der Waals surface area contributed by atoms with Crippen molar-refractivity contribution in [1.82, 2.24) is 0 Å². The molecule has 2 heterocycles. The first-order valence-corrected chi connectivity index (χ1v) is 13.9. The molecule has 1 unspecified atom stereocenters. The van der Waals surface area contributed by atoms with Crippen LogP contribution in [0.2, 0.25) is 0 Å².